The highest BCUT2D eigenvalue weighted by Crippen LogP contribution is 2.32. The summed E-state index contributed by atoms with van der Waals surface area (Å²) in [5.41, 5.74) is 0.949. The molecule has 2 N–H and O–H groups in total. The third-order valence-corrected chi connectivity index (χ3v) is 8.07. The largest absolute Gasteiger partial charge is 0.494 e. The van der Waals surface area contributed by atoms with E-state index in [2.05, 4.69) is 25.1 Å². The Morgan fingerprint density at radius 2 is 1.81 bits per heavy atom. The highest BCUT2D eigenvalue weighted by Gasteiger charge is 2.27. The van der Waals surface area contributed by atoms with E-state index in [1.165, 1.54) is 0 Å². The molecule has 13 heteroatoms. The average molecular weight is 644 g/mol. The Morgan fingerprint density at radius 3 is 2.57 bits per heavy atom. The Morgan fingerprint density at radius 1 is 1.02 bits per heavy atom. The van der Waals surface area contributed by atoms with Gasteiger partial charge in [-0.15, -0.1) is 0 Å². The lowest BCUT2D eigenvalue weighted by molar-refractivity contribution is 0.0240. The van der Waals surface area contributed by atoms with Crippen LogP contribution in [0.3, 0.4) is 0 Å². The zero-order chi connectivity index (χ0) is 33.0. The van der Waals surface area contributed by atoms with Gasteiger partial charge in [0, 0.05) is 69.0 Å². The molecule has 0 bridgehead atoms. The lowest BCUT2D eigenvalue weighted by Gasteiger charge is -2.37. The summed E-state index contributed by atoms with van der Waals surface area (Å²) in [5.74, 6) is 0.707. The van der Waals surface area contributed by atoms with E-state index in [0.29, 0.717) is 55.4 Å². The Labute approximate surface area is 273 Å². The van der Waals surface area contributed by atoms with Gasteiger partial charge >= 0.3 is 6.09 Å². The van der Waals surface area contributed by atoms with Gasteiger partial charge in [0.2, 0.25) is 5.88 Å². The van der Waals surface area contributed by atoms with Crippen molar-refractivity contribution in [3.8, 4) is 17.4 Å². The second-order valence-electron chi connectivity index (χ2n) is 12.6. The smallest absolute Gasteiger partial charge is 0.410 e. The van der Waals surface area contributed by atoms with Crippen molar-refractivity contribution in [2.45, 2.75) is 26.4 Å². The van der Waals surface area contributed by atoms with Gasteiger partial charge in [0.1, 0.15) is 29.5 Å². The number of ether oxygens (including phenoxy) is 3. The molecule has 2 fully saturated rings. The van der Waals surface area contributed by atoms with Gasteiger partial charge in [0.25, 0.3) is 5.91 Å². The predicted octanol–water partition coefficient (Wildman–Crippen LogP) is 4.15. The lowest BCUT2D eigenvalue weighted by Crippen LogP contribution is -2.50. The molecule has 5 heterocycles. The standard InChI is InChI=1S/C34H41N7O6/c1-34(2,3)47-33(44)40-13-11-39(12-14-40)29-9-10-35-22-28(29)37-31(42)27-5-4-6-30(36-27)41-23-24-21-25(7-8-26(24)32(41)43)46-20-17-38-15-18-45-19-16-38/h4-10,21-23,43H,11-20H2,1-3H3,(H,37,42). The number of amides is 2. The van der Waals surface area contributed by atoms with Gasteiger partial charge in [-0.1, -0.05) is 6.07 Å². The minimum atomic E-state index is -0.558. The number of hydrogen-bond acceptors (Lipinski definition) is 10. The molecular weight excluding hydrogens is 602 g/mol. The Bertz CT molecular complexity index is 1720. The first-order valence-corrected chi connectivity index (χ1v) is 15.9. The van der Waals surface area contributed by atoms with Crippen LogP contribution in [0.15, 0.2) is 61.1 Å². The maximum Gasteiger partial charge on any atom is 0.410 e. The lowest BCUT2D eigenvalue weighted by atomic mass is 10.2. The molecule has 47 heavy (non-hydrogen) atoms. The zero-order valence-electron chi connectivity index (χ0n) is 27.0. The van der Waals surface area contributed by atoms with Crippen LogP contribution in [-0.4, -0.2) is 113 Å². The van der Waals surface area contributed by atoms with Crippen LogP contribution < -0.4 is 15.0 Å². The van der Waals surface area contributed by atoms with Gasteiger partial charge in [-0.3, -0.25) is 19.2 Å². The number of aromatic hydroxyl groups is 1. The van der Waals surface area contributed by atoms with Crippen molar-refractivity contribution in [1.82, 2.24) is 24.3 Å². The van der Waals surface area contributed by atoms with Gasteiger partial charge in [0.05, 0.1) is 30.8 Å². The predicted molar refractivity (Wildman–Crippen MR) is 178 cm³/mol. The molecule has 4 aromatic rings. The minimum absolute atomic E-state index is 0.0185. The number of benzene rings is 1. The van der Waals surface area contributed by atoms with Crippen LogP contribution in [0.2, 0.25) is 0 Å². The molecule has 2 aliphatic rings. The summed E-state index contributed by atoms with van der Waals surface area (Å²) in [6.07, 6.45) is 4.72. The first-order chi connectivity index (χ1) is 22.6. The SMILES string of the molecule is CC(C)(C)OC(=O)N1CCN(c2ccncc2NC(=O)c2cccc(-n3cc4cc(OCCN5CCOCC5)ccc4c3O)n2)CC1. The number of carbonyl (C=O) groups excluding carboxylic acids is 2. The van der Waals surface area contributed by atoms with E-state index < -0.39 is 11.5 Å². The van der Waals surface area contributed by atoms with E-state index in [1.54, 1.807) is 46.3 Å². The van der Waals surface area contributed by atoms with Crippen LogP contribution in [0.5, 0.6) is 11.6 Å². The molecule has 2 aliphatic heterocycles. The number of rotatable bonds is 8. The molecule has 0 atom stereocenters. The van der Waals surface area contributed by atoms with Crippen LogP contribution in [0.25, 0.3) is 16.6 Å². The topological polar surface area (TPSA) is 135 Å². The summed E-state index contributed by atoms with van der Waals surface area (Å²) in [6.45, 7) is 12.3. The van der Waals surface area contributed by atoms with E-state index in [9.17, 15) is 14.7 Å². The Hall–Kier alpha value is -4.88. The van der Waals surface area contributed by atoms with Crippen LogP contribution in [-0.2, 0) is 9.47 Å². The Kier molecular flexibility index (Phi) is 9.45. The Balaban J connectivity index is 1.12. The van der Waals surface area contributed by atoms with Gasteiger partial charge in [0.15, 0.2) is 0 Å². The van der Waals surface area contributed by atoms with Crippen LogP contribution in [0.1, 0.15) is 31.3 Å². The normalized spacial score (nSPS) is 15.9. The van der Waals surface area contributed by atoms with Crippen molar-refractivity contribution in [1.29, 1.82) is 0 Å². The minimum Gasteiger partial charge on any atom is -0.494 e. The maximum absolute atomic E-state index is 13.4. The molecule has 2 saturated heterocycles. The number of fused-ring (bicyclic) bond motifs is 1. The third kappa shape index (κ3) is 7.75. The number of piperazine rings is 1. The monoisotopic (exact) mass is 643 g/mol. The van der Waals surface area contributed by atoms with E-state index in [4.69, 9.17) is 14.2 Å². The summed E-state index contributed by atoms with van der Waals surface area (Å²) in [7, 11) is 0. The molecule has 0 saturated carbocycles. The third-order valence-electron chi connectivity index (χ3n) is 8.07. The summed E-state index contributed by atoms with van der Waals surface area (Å²) >= 11 is 0. The molecule has 1 aromatic carbocycles. The molecule has 13 nitrogen and oxygen atoms in total. The summed E-state index contributed by atoms with van der Waals surface area (Å²) < 4.78 is 18.5. The van der Waals surface area contributed by atoms with Crippen LogP contribution in [0.4, 0.5) is 16.2 Å². The summed E-state index contributed by atoms with van der Waals surface area (Å²) in [4.78, 5) is 40.8. The molecular formula is C34H41N7O6. The second kappa shape index (κ2) is 13.9. The van der Waals surface area contributed by atoms with Gasteiger partial charge in [-0.25, -0.2) is 9.78 Å². The molecule has 0 unspecified atom stereocenters. The number of carbonyl (C=O) groups is 2. The van der Waals surface area contributed by atoms with Crippen molar-refractivity contribution in [2.24, 2.45) is 0 Å². The molecule has 2 amide bonds. The first kappa shape index (κ1) is 32.1. The van der Waals surface area contributed by atoms with Gasteiger partial charge < -0.3 is 34.4 Å². The van der Waals surface area contributed by atoms with E-state index in [0.717, 1.165) is 43.9 Å². The molecule has 3 aromatic heterocycles. The number of aromatic nitrogens is 3. The zero-order valence-corrected chi connectivity index (χ0v) is 27.0. The number of anilines is 2. The van der Waals surface area contributed by atoms with Crippen LogP contribution in [0, 0.1) is 0 Å². The molecule has 248 valence electrons. The number of nitrogens with one attached hydrogen (secondary N) is 1. The number of nitrogens with zero attached hydrogens (tertiary/aromatic N) is 6. The fraction of sp³-hybridized carbons (Fsp3) is 0.412. The highest BCUT2D eigenvalue weighted by atomic mass is 16.6. The van der Waals surface area contributed by atoms with Crippen molar-refractivity contribution in [3.05, 3.63) is 66.7 Å². The second-order valence-corrected chi connectivity index (χ2v) is 12.6. The highest BCUT2D eigenvalue weighted by molar-refractivity contribution is 6.04. The number of pyridine rings is 2. The fourth-order valence-electron chi connectivity index (χ4n) is 5.65. The fourth-order valence-corrected chi connectivity index (χ4v) is 5.65. The first-order valence-electron chi connectivity index (χ1n) is 15.9. The van der Waals surface area contributed by atoms with Crippen LogP contribution >= 0.6 is 0 Å². The van der Waals surface area contributed by atoms with Gasteiger partial charge in [-0.05, 0) is 57.2 Å². The van der Waals surface area contributed by atoms with Crippen molar-refractivity contribution in [3.63, 3.8) is 0 Å². The quantitative estimate of drug-likeness (QED) is 0.289. The molecule has 0 spiro atoms. The van der Waals surface area contributed by atoms with E-state index >= 15 is 0 Å². The maximum atomic E-state index is 13.4. The van der Waals surface area contributed by atoms with Crippen molar-refractivity contribution in [2.75, 3.05) is 75.9 Å². The van der Waals surface area contributed by atoms with E-state index in [-0.39, 0.29) is 17.7 Å². The number of hydrogen-bond donors (Lipinski definition) is 2. The van der Waals surface area contributed by atoms with Crippen molar-refractivity contribution < 1.29 is 28.9 Å². The summed E-state index contributed by atoms with van der Waals surface area (Å²) in [5, 5.41) is 15.4. The average Bonchev–Trinajstić information content (AvgIpc) is 3.40. The van der Waals surface area contributed by atoms with Crippen molar-refractivity contribution >= 4 is 34.1 Å². The van der Waals surface area contributed by atoms with Gasteiger partial charge in [-0.2, -0.15) is 0 Å². The number of morpholine rings is 1. The van der Waals surface area contributed by atoms with E-state index in [1.807, 2.05) is 45.0 Å². The molecule has 0 aliphatic carbocycles. The molecule has 0 radical (unpaired) electrons. The summed E-state index contributed by atoms with van der Waals surface area (Å²) in [6, 6.07) is 12.5. The molecule has 6 rings (SSSR count).